The minimum atomic E-state index is -4.29. The lowest BCUT2D eigenvalue weighted by atomic mass is 10.2. The molecule has 0 fully saturated rings. The molecule has 1 aliphatic rings. The Kier molecular flexibility index (Phi) is 9.26. The standard InChI is InChI=1S/C16H28N2O6S/c1-2-3-4-5-6-7-15(21)16-17(10-11-19)8-9-18(16)12-14(20)13-25(22,23)24/h5-6,14,19-20H,2-4,7-13H2,1H3/p+1/b6-5+. The van der Waals surface area contributed by atoms with Gasteiger partial charge < -0.3 is 10.2 Å². The molecule has 0 spiro atoms. The van der Waals surface area contributed by atoms with Gasteiger partial charge in [0.2, 0.25) is 5.78 Å². The molecule has 0 saturated carbocycles. The van der Waals surface area contributed by atoms with Gasteiger partial charge in [0.1, 0.15) is 38.0 Å². The predicted octanol–water partition coefficient (Wildman–Crippen LogP) is -0.340. The third kappa shape index (κ3) is 8.08. The van der Waals surface area contributed by atoms with Crippen LogP contribution in [0.25, 0.3) is 0 Å². The first-order valence-electron chi connectivity index (χ1n) is 8.57. The number of hydrogen-bond donors (Lipinski definition) is 3. The number of rotatable bonds is 12. The van der Waals surface area contributed by atoms with Gasteiger partial charge in [-0.15, -0.1) is 0 Å². The van der Waals surface area contributed by atoms with Crippen LogP contribution in [0.5, 0.6) is 0 Å². The number of β-amino-alcohol motifs (C(OH)–C–C–N with tert-alkyl or cyclic N) is 2. The van der Waals surface area contributed by atoms with Crippen molar-refractivity contribution in [1.29, 1.82) is 0 Å². The number of carbonyl (C=O) groups is 1. The van der Waals surface area contributed by atoms with E-state index in [0.29, 0.717) is 25.5 Å². The highest BCUT2D eigenvalue weighted by Gasteiger charge is 2.36. The second kappa shape index (κ2) is 10.6. The summed E-state index contributed by atoms with van der Waals surface area (Å²) >= 11 is 0. The number of carbonyl (C=O) groups excluding carboxylic acids is 1. The summed E-state index contributed by atoms with van der Waals surface area (Å²) in [6.45, 7) is 3.18. The van der Waals surface area contributed by atoms with Gasteiger partial charge in [-0.3, -0.25) is 18.8 Å². The Morgan fingerprint density at radius 1 is 1.40 bits per heavy atom. The Bertz CT molecular complexity index is 600. The summed E-state index contributed by atoms with van der Waals surface area (Å²) < 4.78 is 32.2. The molecule has 0 aromatic carbocycles. The minimum absolute atomic E-state index is 0.0671. The molecule has 0 radical (unpaired) electrons. The first kappa shape index (κ1) is 21.8. The molecule has 144 valence electrons. The molecule has 1 atom stereocenters. The summed E-state index contributed by atoms with van der Waals surface area (Å²) in [5.41, 5.74) is 0. The number of amidine groups is 1. The van der Waals surface area contributed by atoms with Crippen LogP contribution in [0.3, 0.4) is 0 Å². The molecule has 8 nitrogen and oxygen atoms in total. The highest BCUT2D eigenvalue weighted by atomic mass is 32.2. The quantitative estimate of drug-likeness (QED) is 0.184. The Morgan fingerprint density at radius 2 is 2.12 bits per heavy atom. The summed E-state index contributed by atoms with van der Waals surface area (Å²) in [5.74, 6) is -0.539. The van der Waals surface area contributed by atoms with Crippen LogP contribution in [0.4, 0.5) is 0 Å². The fourth-order valence-electron chi connectivity index (χ4n) is 2.79. The number of aliphatic hydroxyl groups is 2. The molecule has 0 saturated heterocycles. The number of ketones is 1. The number of nitrogens with zero attached hydrogens (tertiary/aromatic N) is 2. The van der Waals surface area contributed by atoms with Gasteiger partial charge in [-0.25, -0.2) is 0 Å². The molecule has 1 heterocycles. The van der Waals surface area contributed by atoms with Gasteiger partial charge in [-0.05, 0) is 6.42 Å². The molecule has 25 heavy (non-hydrogen) atoms. The SMILES string of the molecule is CCCC/C=C/CC(=O)C1=[N+](CC(O)CS(=O)(=O)O)CCN1CCO. The Balaban J connectivity index is 2.82. The van der Waals surface area contributed by atoms with Crippen molar-refractivity contribution in [1.82, 2.24) is 4.90 Å². The number of aliphatic hydroxyl groups excluding tert-OH is 2. The Hall–Kier alpha value is -1.29. The van der Waals surface area contributed by atoms with Crippen LogP contribution >= 0.6 is 0 Å². The van der Waals surface area contributed by atoms with E-state index in [1.54, 1.807) is 9.48 Å². The molecule has 1 rings (SSSR count). The molecule has 0 aromatic heterocycles. The van der Waals surface area contributed by atoms with Gasteiger partial charge in [0, 0.05) is 6.42 Å². The summed E-state index contributed by atoms with van der Waals surface area (Å²) in [6, 6.07) is 0. The maximum absolute atomic E-state index is 12.5. The van der Waals surface area contributed by atoms with E-state index in [1.807, 2.05) is 12.2 Å². The van der Waals surface area contributed by atoms with E-state index in [2.05, 4.69) is 6.92 Å². The molecule has 0 bridgehead atoms. The molecule has 1 aliphatic heterocycles. The van der Waals surface area contributed by atoms with Crippen LogP contribution in [0, 0.1) is 0 Å². The second-order valence-corrected chi connectivity index (χ2v) is 7.62. The Labute approximate surface area is 149 Å². The summed E-state index contributed by atoms with van der Waals surface area (Å²) in [6.07, 6.45) is 5.75. The zero-order valence-corrected chi connectivity index (χ0v) is 15.5. The monoisotopic (exact) mass is 377 g/mol. The van der Waals surface area contributed by atoms with Gasteiger partial charge in [0.15, 0.2) is 0 Å². The molecular weight excluding hydrogens is 348 g/mol. The van der Waals surface area contributed by atoms with Crippen LogP contribution in [0.2, 0.25) is 0 Å². The maximum Gasteiger partial charge on any atom is 0.316 e. The molecular formula is C16H29N2O6S+. The van der Waals surface area contributed by atoms with Crippen molar-refractivity contribution >= 4 is 21.7 Å². The van der Waals surface area contributed by atoms with Crippen LogP contribution in [-0.2, 0) is 14.9 Å². The van der Waals surface area contributed by atoms with Crippen LogP contribution in [-0.4, -0.2) is 88.9 Å². The van der Waals surface area contributed by atoms with Crippen molar-refractivity contribution in [2.45, 2.75) is 38.7 Å². The third-order valence-electron chi connectivity index (χ3n) is 3.89. The normalized spacial score (nSPS) is 16.9. The molecule has 0 amide bonds. The zero-order chi connectivity index (χ0) is 18.9. The van der Waals surface area contributed by atoms with E-state index in [-0.39, 0.29) is 25.4 Å². The van der Waals surface area contributed by atoms with Gasteiger partial charge in [-0.2, -0.15) is 8.42 Å². The fraction of sp³-hybridized carbons (Fsp3) is 0.750. The topological polar surface area (TPSA) is 118 Å². The average Bonchev–Trinajstić information content (AvgIpc) is 2.87. The lowest BCUT2D eigenvalue weighted by Gasteiger charge is -2.12. The van der Waals surface area contributed by atoms with Crippen molar-refractivity contribution in [3.63, 3.8) is 0 Å². The maximum atomic E-state index is 12.5. The first-order chi connectivity index (χ1) is 11.8. The van der Waals surface area contributed by atoms with Crippen LogP contribution < -0.4 is 0 Å². The van der Waals surface area contributed by atoms with Crippen molar-refractivity contribution in [3.8, 4) is 0 Å². The van der Waals surface area contributed by atoms with Crippen molar-refractivity contribution < 1.29 is 32.6 Å². The van der Waals surface area contributed by atoms with Crippen LogP contribution in [0.15, 0.2) is 12.2 Å². The average molecular weight is 377 g/mol. The van der Waals surface area contributed by atoms with Crippen LogP contribution in [0.1, 0.15) is 32.6 Å². The van der Waals surface area contributed by atoms with E-state index in [0.717, 1.165) is 19.3 Å². The lowest BCUT2D eigenvalue weighted by Crippen LogP contribution is -2.40. The summed E-state index contributed by atoms with van der Waals surface area (Å²) in [7, 11) is -4.29. The zero-order valence-electron chi connectivity index (χ0n) is 14.7. The first-order valence-corrected chi connectivity index (χ1v) is 10.2. The highest BCUT2D eigenvalue weighted by Crippen LogP contribution is 2.07. The number of hydrogen-bond acceptors (Lipinski definition) is 6. The van der Waals surface area contributed by atoms with Gasteiger partial charge in [0.25, 0.3) is 10.1 Å². The van der Waals surface area contributed by atoms with Crippen molar-refractivity contribution in [3.05, 3.63) is 12.2 Å². The highest BCUT2D eigenvalue weighted by molar-refractivity contribution is 7.85. The van der Waals surface area contributed by atoms with Gasteiger partial charge >= 0.3 is 5.84 Å². The largest absolute Gasteiger partial charge is 0.392 e. The third-order valence-corrected chi connectivity index (χ3v) is 4.69. The lowest BCUT2D eigenvalue weighted by molar-refractivity contribution is -0.525. The second-order valence-electron chi connectivity index (χ2n) is 6.12. The fourth-order valence-corrected chi connectivity index (χ4v) is 3.39. The number of unbranched alkanes of at least 4 members (excludes halogenated alkanes) is 2. The van der Waals surface area contributed by atoms with Gasteiger partial charge in [-0.1, -0.05) is 31.9 Å². The number of Topliss-reactive ketones (excluding diaryl/α,β-unsaturated/α-hetero) is 1. The summed E-state index contributed by atoms with van der Waals surface area (Å²) in [4.78, 5) is 14.3. The summed E-state index contributed by atoms with van der Waals surface area (Å²) in [5, 5.41) is 19.0. The van der Waals surface area contributed by atoms with Crippen molar-refractivity contribution in [2.24, 2.45) is 0 Å². The molecule has 3 N–H and O–H groups in total. The van der Waals surface area contributed by atoms with E-state index in [4.69, 9.17) is 9.66 Å². The molecule has 9 heteroatoms. The molecule has 0 aliphatic carbocycles. The van der Waals surface area contributed by atoms with E-state index >= 15 is 0 Å². The predicted molar refractivity (Wildman–Crippen MR) is 94.4 cm³/mol. The van der Waals surface area contributed by atoms with E-state index < -0.39 is 22.0 Å². The van der Waals surface area contributed by atoms with E-state index in [9.17, 15) is 18.3 Å². The van der Waals surface area contributed by atoms with Gasteiger partial charge in [0.05, 0.1) is 6.61 Å². The number of allylic oxidation sites excluding steroid dienone is 2. The Morgan fingerprint density at radius 3 is 2.72 bits per heavy atom. The smallest absolute Gasteiger partial charge is 0.316 e. The van der Waals surface area contributed by atoms with E-state index in [1.165, 1.54) is 0 Å². The molecule has 0 aromatic rings. The van der Waals surface area contributed by atoms with Crippen molar-refractivity contribution in [2.75, 3.05) is 38.5 Å². The molecule has 1 unspecified atom stereocenters. The minimum Gasteiger partial charge on any atom is -0.392 e.